The molecule has 0 aliphatic carbocycles. The van der Waals surface area contributed by atoms with Crippen LogP contribution in [0.2, 0.25) is 20.1 Å². The van der Waals surface area contributed by atoms with Crippen LogP contribution in [0.15, 0.2) is 60.3 Å². The molecule has 0 N–H and O–H groups in total. The zero-order valence-electron chi connectivity index (χ0n) is 13.3. The lowest BCUT2D eigenvalue weighted by Crippen LogP contribution is -2.11. The van der Waals surface area contributed by atoms with Crippen molar-refractivity contribution in [3.05, 3.63) is 86.3 Å². The number of hydrogen-bond donors (Lipinski definition) is 0. The summed E-state index contributed by atoms with van der Waals surface area (Å²) in [4.78, 5) is 9.47. The third-order valence-corrected chi connectivity index (χ3v) is 4.79. The third-order valence-electron chi connectivity index (χ3n) is 3.64. The maximum Gasteiger partial charge on any atom is 0.143 e. The predicted octanol–water partition coefficient (Wildman–Crippen LogP) is 6.29. The zero-order valence-corrected chi connectivity index (χ0v) is 16.3. The van der Waals surface area contributed by atoms with Gasteiger partial charge >= 0.3 is 0 Å². The average Bonchev–Trinajstić information content (AvgIpc) is 3.12. The van der Waals surface area contributed by atoms with Crippen LogP contribution in [0, 0.1) is 0 Å². The Morgan fingerprint density at radius 3 is 2.42 bits per heavy atom. The SMILES string of the molecule is Clc1ccc(CON=CC(c2ccc(Cl)cc2Cl)n2ccnc2)c(Cl)c1. The fourth-order valence-corrected chi connectivity index (χ4v) is 3.32. The number of aromatic nitrogens is 2. The second kappa shape index (κ2) is 8.78. The number of oxime groups is 1. The highest BCUT2D eigenvalue weighted by atomic mass is 35.5. The molecule has 0 amide bonds. The number of imidazole rings is 1. The van der Waals surface area contributed by atoms with Gasteiger partial charge < -0.3 is 9.40 Å². The summed E-state index contributed by atoms with van der Waals surface area (Å²) in [5.74, 6) is 0. The summed E-state index contributed by atoms with van der Waals surface area (Å²) in [7, 11) is 0. The first-order valence-electron chi connectivity index (χ1n) is 7.56. The molecule has 8 heteroatoms. The van der Waals surface area contributed by atoms with E-state index in [2.05, 4.69) is 10.1 Å². The van der Waals surface area contributed by atoms with Crippen molar-refractivity contribution in [2.45, 2.75) is 12.6 Å². The number of halogens is 4. The molecule has 0 fully saturated rings. The monoisotopic (exact) mass is 427 g/mol. The highest BCUT2D eigenvalue weighted by Crippen LogP contribution is 2.28. The lowest BCUT2D eigenvalue weighted by Gasteiger charge is -2.15. The van der Waals surface area contributed by atoms with Crippen molar-refractivity contribution in [3.63, 3.8) is 0 Å². The minimum absolute atomic E-state index is 0.220. The Kier molecular flexibility index (Phi) is 6.43. The summed E-state index contributed by atoms with van der Waals surface area (Å²) in [6, 6.07) is 10.2. The Hall–Kier alpha value is -1.72. The van der Waals surface area contributed by atoms with E-state index in [0.717, 1.165) is 11.1 Å². The van der Waals surface area contributed by atoms with Gasteiger partial charge in [0.15, 0.2) is 0 Å². The van der Waals surface area contributed by atoms with Crippen molar-refractivity contribution in [3.8, 4) is 0 Å². The second-order valence-electron chi connectivity index (χ2n) is 5.38. The highest BCUT2D eigenvalue weighted by molar-refractivity contribution is 6.35. The van der Waals surface area contributed by atoms with Crippen molar-refractivity contribution in [2.24, 2.45) is 5.16 Å². The molecule has 3 aromatic rings. The average molecular weight is 429 g/mol. The van der Waals surface area contributed by atoms with Crippen LogP contribution < -0.4 is 0 Å². The molecule has 1 unspecified atom stereocenters. The van der Waals surface area contributed by atoms with Crippen LogP contribution in [-0.4, -0.2) is 15.8 Å². The van der Waals surface area contributed by atoms with Crippen LogP contribution in [-0.2, 0) is 11.4 Å². The van der Waals surface area contributed by atoms with E-state index in [-0.39, 0.29) is 12.6 Å². The second-order valence-corrected chi connectivity index (χ2v) is 7.07. The van der Waals surface area contributed by atoms with Crippen molar-refractivity contribution in [1.29, 1.82) is 0 Å². The smallest absolute Gasteiger partial charge is 0.143 e. The molecule has 2 aromatic carbocycles. The molecule has 0 aliphatic heterocycles. The molecule has 1 heterocycles. The van der Waals surface area contributed by atoms with Crippen molar-refractivity contribution in [1.82, 2.24) is 9.55 Å². The van der Waals surface area contributed by atoms with E-state index in [9.17, 15) is 0 Å². The van der Waals surface area contributed by atoms with Crippen LogP contribution in [0.1, 0.15) is 17.2 Å². The summed E-state index contributed by atoms with van der Waals surface area (Å²) in [6.45, 7) is 0.220. The molecule has 0 bridgehead atoms. The van der Waals surface area contributed by atoms with E-state index in [0.29, 0.717) is 20.1 Å². The highest BCUT2D eigenvalue weighted by Gasteiger charge is 2.15. The molecule has 1 atom stereocenters. The van der Waals surface area contributed by atoms with E-state index in [1.54, 1.807) is 49.1 Å². The summed E-state index contributed by atoms with van der Waals surface area (Å²) < 4.78 is 1.86. The van der Waals surface area contributed by atoms with E-state index in [4.69, 9.17) is 51.2 Å². The molecule has 134 valence electrons. The molecule has 3 rings (SSSR count). The maximum atomic E-state index is 6.33. The summed E-state index contributed by atoms with van der Waals surface area (Å²) in [6.07, 6.45) is 6.81. The van der Waals surface area contributed by atoms with Crippen LogP contribution in [0.3, 0.4) is 0 Å². The first-order valence-corrected chi connectivity index (χ1v) is 9.07. The van der Waals surface area contributed by atoms with E-state index < -0.39 is 0 Å². The van der Waals surface area contributed by atoms with Gasteiger partial charge in [-0.15, -0.1) is 0 Å². The summed E-state index contributed by atoms with van der Waals surface area (Å²) in [5, 5.41) is 6.26. The fourth-order valence-electron chi connectivity index (χ4n) is 2.34. The van der Waals surface area contributed by atoms with Crippen LogP contribution in [0.4, 0.5) is 0 Å². The third kappa shape index (κ3) is 4.71. The first-order chi connectivity index (χ1) is 12.5. The molecule has 0 radical (unpaired) electrons. The Morgan fingerprint density at radius 1 is 1.04 bits per heavy atom. The van der Waals surface area contributed by atoms with E-state index in [1.807, 2.05) is 16.8 Å². The molecule has 1 aromatic heterocycles. The minimum atomic E-state index is -0.289. The number of nitrogens with zero attached hydrogens (tertiary/aromatic N) is 3. The minimum Gasteiger partial charge on any atom is -0.391 e. The topological polar surface area (TPSA) is 39.4 Å². The fraction of sp³-hybridized carbons (Fsp3) is 0.111. The number of benzene rings is 2. The van der Waals surface area contributed by atoms with Gasteiger partial charge in [0.05, 0.1) is 18.6 Å². The lowest BCUT2D eigenvalue weighted by molar-refractivity contribution is 0.131. The van der Waals surface area contributed by atoms with Crippen LogP contribution in [0.25, 0.3) is 0 Å². The van der Waals surface area contributed by atoms with Gasteiger partial charge in [-0.25, -0.2) is 4.98 Å². The standard InChI is InChI=1S/C18H13Cl4N3O/c19-13-2-1-12(16(21)7-13)10-26-24-9-18(25-6-5-23-11-25)15-4-3-14(20)8-17(15)22/h1-9,11,18H,10H2. The summed E-state index contributed by atoms with van der Waals surface area (Å²) in [5.41, 5.74) is 1.61. The van der Waals surface area contributed by atoms with Gasteiger partial charge in [-0.1, -0.05) is 63.7 Å². The molecule has 4 nitrogen and oxygen atoms in total. The van der Waals surface area contributed by atoms with E-state index in [1.165, 1.54) is 0 Å². The van der Waals surface area contributed by atoms with Crippen LogP contribution in [0.5, 0.6) is 0 Å². The predicted molar refractivity (Wildman–Crippen MR) is 107 cm³/mol. The normalized spacial score (nSPS) is 12.5. The summed E-state index contributed by atoms with van der Waals surface area (Å²) >= 11 is 24.3. The first kappa shape index (κ1) is 19.1. The van der Waals surface area contributed by atoms with Gasteiger partial charge in [-0.3, -0.25) is 0 Å². The Labute approximate surface area is 170 Å². The number of hydrogen-bond acceptors (Lipinski definition) is 3. The molecule has 0 aliphatic rings. The van der Waals surface area contributed by atoms with Gasteiger partial charge in [0.1, 0.15) is 6.61 Å². The lowest BCUT2D eigenvalue weighted by atomic mass is 10.1. The Balaban J connectivity index is 1.77. The quantitative estimate of drug-likeness (QED) is 0.342. The van der Waals surface area contributed by atoms with Crippen molar-refractivity contribution < 1.29 is 4.84 Å². The molecule has 26 heavy (non-hydrogen) atoms. The van der Waals surface area contributed by atoms with Crippen molar-refractivity contribution >= 4 is 52.6 Å². The molecular weight excluding hydrogens is 416 g/mol. The van der Waals surface area contributed by atoms with Gasteiger partial charge in [-0.05, 0) is 29.8 Å². The maximum absolute atomic E-state index is 6.33. The molecule has 0 saturated heterocycles. The largest absolute Gasteiger partial charge is 0.391 e. The molecular formula is C18H13Cl4N3O. The van der Waals surface area contributed by atoms with Gasteiger partial charge in [0.25, 0.3) is 0 Å². The van der Waals surface area contributed by atoms with Crippen LogP contribution >= 0.6 is 46.4 Å². The molecule has 0 spiro atoms. The van der Waals surface area contributed by atoms with Gasteiger partial charge in [0.2, 0.25) is 0 Å². The van der Waals surface area contributed by atoms with Gasteiger partial charge in [-0.2, -0.15) is 0 Å². The zero-order chi connectivity index (χ0) is 18.5. The molecule has 0 saturated carbocycles. The number of rotatable bonds is 6. The van der Waals surface area contributed by atoms with Crippen molar-refractivity contribution in [2.75, 3.05) is 0 Å². The Morgan fingerprint density at radius 2 is 1.77 bits per heavy atom. The Bertz CT molecular complexity index is 913. The van der Waals surface area contributed by atoms with E-state index >= 15 is 0 Å². The van der Waals surface area contributed by atoms with Gasteiger partial charge in [0, 0.05) is 38.0 Å².